The van der Waals surface area contributed by atoms with E-state index in [4.69, 9.17) is 0 Å². The van der Waals surface area contributed by atoms with Crippen LogP contribution in [0.3, 0.4) is 0 Å². The van der Waals surface area contributed by atoms with Crippen LogP contribution in [0.2, 0.25) is 0 Å². The van der Waals surface area contributed by atoms with Gasteiger partial charge in [-0.2, -0.15) is 0 Å². The second kappa shape index (κ2) is 7.93. The van der Waals surface area contributed by atoms with Crippen LogP contribution in [0.1, 0.15) is 59.2 Å². The maximum atomic E-state index is 15.3. The molecule has 7 heteroatoms. The zero-order chi connectivity index (χ0) is 19.7. The van der Waals surface area contributed by atoms with Crippen molar-refractivity contribution in [2.75, 3.05) is 0 Å². The maximum Gasteiger partial charge on any atom is 0.270 e. The minimum atomic E-state index is -1.40. The van der Waals surface area contributed by atoms with Crippen LogP contribution in [0.15, 0.2) is 35.8 Å². The monoisotopic (exact) mass is 399 g/mol. The molecule has 3 heterocycles. The van der Waals surface area contributed by atoms with Crippen LogP contribution in [-0.2, 0) is 0 Å². The number of carbonyl (C=O) groups excluding carboxylic acids is 1. The van der Waals surface area contributed by atoms with Gasteiger partial charge in [-0.15, -0.1) is 11.3 Å². The summed E-state index contributed by atoms with van der Waals surface area (Å²) in [6.45, 7) is 1.85. The Balaban J connectivity index is 1.66. The third-order valence-corrected chi connectivity index (χ3v) is 6.17. The molecule has 0 spiro atoms. The fraction of sp³-hybridized carbons (Fsp3) is 0.381. The van der Waals surface area contributed by atoms with Gasteiger partial charge < -0.3 is 10.4 Å². The van der Waals surface area contributed by atoms with Gasteiger partial charge in [0.15, 0.2) is 6.17 Å². The van der Waals surface area contributed by atoms with Gasteiger partial charge in [0.25, 0.3) is 5.91 Å². The first-order valence-electron chi connectivity index (χ1n) is 9.46. The van der Waals surface area contributed by atoms with E-state index in [1.165, 1.54) is 23.6 Å². The van der Waals surface area contributed by atoms with Gasteiger partial charge in [-0.3, -0.25) is 9.78 Å². The number of hydrogen-bond donors (Lipinski definition) is 2. The molecule has 1 saturated carbocycles. The highest BCUT2D eigenvalue weighted by Gasteiger charge is 2.26. The lowest BCUT2D eigenvalue weighted by atomic mass is 9.92. The van der Waals surface area contributed by atoms with Crippen molar-refractivity contribution in [3.05, 3.63) is 58.4 Å². The Hall–Kier alpha value is -2.38. The number of nitrogens with zero attached hydrogens (tertiary/aromatic N) is 2. The molecule has 1 amide bonds. The quantitative estimate of drug-likeness (QED) is 0.693. The number of amides is 1. The van der Waals surface area contributed by atoms with Crippen LogP contribution in [0.25, 0.3) is 10.2 Å². The van der Waals surface area contributed by atoms with E-state index in [9.17, 15) is 9.90 Å². The fourth-order valence-corrected chi connectivity index (χ4v) is 4.48. The highest BCUT2D eigenvalue weighted by Crippen LogP contribution is 2.34. The SMILES string of the molecule is Cc1ccc([C@@H](F)c2cc(C(=O)N[C@H]3CCCC[C@@H]3O)nc3ccsc23)cn1. The van der Waals surface area contributed by atoms with E-state index >= 15 is 4.39 Å². The minimum absolute atomic E-state index is 0.168. The van der Waals surface area contributed by atoms with Crippen molar-refractivity contribution in [3.8, 4) is 0 Å². The zero-order valence-corrected chi connectivity index (χ0v) is 16.4. The second-order valence-corrected chi connectivity index (χ2v) is 8.18. The number of fused-ring (bicyclic) bond motifs is 1. The number of nitrogens with one attached hydrogen (secondary N) is 1. The van der Waals surface area contributed by atoms with Crippen LogP contribution in [0.5, 0.6) is 0 Å². The first-order valence-corrected chi connectivity index (χ1v) is 10.3. The van der Waals surface area contributed by atoms with Crippen molar-refractivity contribution in [3.63, 3.8) is 0 Å². The van der Waals surface area contributed by atoms with Crippen molar-refractivity contribution < 1.29 is 14.3 Å². The molecule has 2 N–H and O–H groups in total. The smallest absolute Gasteiger partial charge is 0.270 e. The molecule has 0 unspecified atom stereocenters. The van der Waals surface area contributed by atoms with Crippen LogP contribution in [0, 0.1) is 6.92 Å². The topological polar surface area (TPSA) is 75.1 Å². The molecule has 0 aliphatic heterocycles. The predicted molar refractivity (Wildman–Crippen MR) is 107 cm³/mol. The Morgan fingerprint density at radius 2 is 2.14 bits per heavy atom. The summed E-state index contributed by atoms with van der Waals surface area (Å²) in [5.74, 6) is -0.380. The molecule has 28 heavy (non-hydrogen) atoms. The first-order chi connectivity index (χ1) is 13.5. The third-order valence-electron chi connectivity index (χ3n) is 5.22. The van der Waals surface area contributed by atoms with Crippen molar-refractivity contribution in [2.45, 2.75) is 50.9 Å². The molecule has 146 valence electrons. The molecule has 0 radical (unpaired) electrons. The van der Waals surface area contributed by atoms with Crippen LogP contribution in [-0.4, -0.2) is 33.1 Å². The van der Waals surface area contributed by atoms with Gasteiger partial charge in [-0.25, -0.2) is 9.37 Å². The minimum Gasteiger partial charge on any atom is -0.391 e. The summed E-state index contributed by atoms with van der Waals surface area (Å²) in [4.78, 5) is 21.4. The lowest BCUT2D eigenvalue weighted by Gasteiger charge is -2.28. The van der Waals surface area contributed by atoms with Crippen molar-refractivity contribution >= 4 is 27.5 Å². The van der Waals surface area contributed by atoms with E-state index in [2.05, 4.69) is 15.3 Å². The molecule has 1 aliphatic carbocycles. The molecule has 0 bridgehead atoms. The summed E-state index contributed by atoms with van der Waals surface area (Å²) in [6, 6.07) is 6.51. The molecule has 3 aromatic rings. The average Bonchev–Trinajstić information content (AvgIpc) is 3.17. The number of pyridine rings is 2. The Morgan fingerprint density at radius 3 is 2.89 bits per heavy atom. The van der Waals surface area contributed by atoms with Crippen molar-refractivity contribution in [1.29, 1.82) is 0 Å². The Kier molecular flexibility index (Phi) is 5.37. The Morgan fingerprint density at radius 1 is 1.32 bits per heavy atom. The fourth-order valence-electron chi connectivity index (χ4n) is 3.62. The van der Waals surface area contributed by atoms with Gasteiger partial charge in [0.05, 0.1) is 22.4 Å². The maximum absolute atomic E-state index is 15.3. The molecule has 3 aromatic heterocycles. The summed E-state index contributed by atoms with van der Waals surface area (Å²) in [6.07, 6.45) is 2.93. The first kappa shape index (κ1) is 19.0. The molecule has 5 nitrogen and oxygen atoms in total. The number of aryl methyl sites for hydroxylation is 1. The molecule has 0 saturated heterocycles. The van der Waals surface area contributed by atoms with Gasteiger partial charge in [0.2, 0.25) is 0 Å². The summed E-state index contributed by atoms with van der Waals surface area (Å²) in [5.41, 5.74) is 2.44. The third kappa shape index (κ3) is 3.77. The lowest BCUT2D eigenvalue weighted by molar-refractivity contribution is 0.0714. The van der Waals surface area contributed by atoms with E-state index in [0.29, 0.717) is 23.1 Å². The number of carbonyl (C=O) groups is 1. The highest BCUT2D eigenvalue weighted by molar-refractivity contribution is 7.17. The van der Waals surface area contributed by atoms with Crippen LogP contribution >= 0.6 is 11.3 Å². The Bertz CT molecular complexity index is 989. The van der Waals surface area contributed by atoms with Gasteiger partial charge >= 0.3 is 0 Å². The predicted octanol–water partition coefficient (Wildman–Crippen LogP) is 4.09. The number of hydrogen-bond acceptors (Lipinski definition) is 5. The van der Waals surface area contributed by atoms with Gasteiger partial charge in [0.1, 0.15) is 5.69 Å². The molecule has 3 atom stereocenters. The second-order valence-electron chi connectivity index (χ2n) is 7.26. The molecule has 4 rings (SSSR count). The van der Waals surface area contributed by atoms with Gasteiger partial charge in [-0.1, -0.05) is 18.9 Å². The number of aliphatic hydroxyl groups is 1. The number of aromatic nitrogens is 2. The summed E-state index contributed by atoms with van der Waals surface area (Å²) in [7, 11) is 0. The summed E-state index contributed by atoms with van der Waals surface area (Å²) >= 11 is 1.40. The number of rotatable bonds is 4. The van der Waals surface area contributed by atoms with E-state index in [-0.39, 0.29) is 17.6 Å². The molecule has 1 aliphatic rings. The number of thiophene rings is 1. The summed E-state index contributed by atoms with van der Waals surface area (Å²) in [5, 5.41) is 14.8. The average molecular weight is 399 g/mol. The standard InChI is InChI=1S/C21H22FN3O2S/c1-12-6-7-13(11-23-12)19(22)14-10-17(24-16-8-9-28-20(14)16)21(27)25-15-4-2-3-5-18(15)26/h6-11,15,18-19,26H,2-5H2,1H3,(H,25,27)/t15-,18-,19+/m0/s1. The number of aliphatic hydroxyl groups excluding tert-OH is 1. The highest BCUT2D eigenvalue weighted by atomic mass is 32.1. The summed E-state index contributed by atoms with van der Waals surface area (Å²) < 4.78 is 16.1. The molecular weight excluding hydrogens is 377 g/mol. The Labute approximate surface area is 166 Å². The zero-order valence-electron chi connectivity index (χ0n) is 15.6. The van der Waals surface area contributed by atoms with Gasteiger partial charge in [-0.05, 0) is 43.3 Å². The molecule has 1 fully saturated rings. The number of halogens is 1. The lowest BCUT2D eigenvalue weighted by Crippen LogP contribution is -2.45. The molecular formula is C21H22FN3O2S. The van der Waals surface area contributed by atoms with E-state index in [1.54, 1.807) is 18.2 Å². The molecule has 0 aromatic carbocycles. The van der Waals surface area contributed by atoms with Crippen LogP contribution in [0.4, 0.5) is 4.39 Å². The normalized spacial score (nSPS) is 20.8. The van der Waals surface area contributed by atoms with Crippen molar-refractivity contribution in [1.82, 2.24) is 15.3 Å². The van der Waals surface area contributed by atoms with Crippen molar-refractivity contribution in [2.24, 2.45) is 0 Å². The number of alkyl halides is 1. The van der Waals surface area contributed by atoms with Gasteiger partial charge in [0, 0.05) is 23.0 Å². The largest absolute Gasteiger partial charge is 0.391 e. The van der Waals surface area contributed by atoms with E-state index in [0.717, 1.165) is 29.7 Å². The van der Waals surface area contributed by atoms with E-state index < -0.39 is 12.3 Å². The van der Waals surface area contributed by atoms with Crippen LogP contribution < -0.4 is 5.32 Å². The van der Waals surface area contributed by atoms with E-state index in [1.807, 2.05) is 12.3 Å².